The average Bonchev–Trinajstić information content (AvgIpc) is 2.97. The lowest BCUT2D eigenvalue weighted by Crippen LogP contribution is -2.35. The average molecular weight is 641 g/mol. The molecule has 17 heteroatoms. The van der Waals surface area contributed by atoms with Crippen LogP contribution in [-0.4, -0.2) is 56.3 Å². The van der Waals surface area contributed by atoms with Crippen LogP contribution in [0.15, 0.2) is 72.1 Å². The van der Waals surface area contributed by atoms with Gasteiger partial charge in [-0.3, -0.25) is 4.72 Å². The van der Waals surface area contributed by atoms with E-state index >= 15 is 0 Å². The molecule has 0 unspecified atom stereocenters. The highest BCUT2D eigenvalue weighted by Crippen LogP contribution is 2.42. The molecule has 2 aromatic carbocycles. The molecule has 2 N–H and O–H groups in total. The fourth-order valence-corrected chi connectivity index (χ4v) is 4.92. The van der Waals surface area contributed by atoms with Gasteiger partial charge in [0.25, 0.3) is 10.0 Å². The van der Waals surface area contributed by atoms with Crippen LogP contribution in [0.5, 0.6) is 11.5 Å². The summed E-state index contributed by atoms with van der Waals surface area (Å²) >= 11 is 6.53. The normalized spacial score (nSPS) is 11.5. The number of urea groups is 1. The van der Waals surface area contributed by atoms with Crippen LogP contribution in [-0.2, 0) is 10.0 Å². The van der Waals surface area contributed by atoms with E-state index in [1.165, 1.54) is 63.1 Å². The quantitative estimate of drug-likeness (QED) is 0.227. The van der Waals surface area contributed by atoms with E-state index in [0.29, 0.717) is 0 Å². The third-order valence-electron chi connectivity index (χ3n) is 5.64. The van der Waals surface area contributed by atoms with Gasteiger partial charge in [-0.15, -0.1) is 0 Å². The first-order valence-electron chi connectivity index (χ1n) is 12.0. The number of pyridine rings is 1. The van der Waals surface area contributed by atoms with Crippen LogP contribution in [0.2, 0.25) is 5.02 Å². The van der Waals surface area contributed by atoms with Gasteiger partial charge in [-0.25, -0.2) is 37.5 Å². The van der Waals surface area contributed by atoms with Crippen LogP contribution in [0, 0.1) is 5.82 Å². The zero-order chi connectivity index (χ0) is 31.4. The fourth-order valence-electron chi connectivity index (χ4n) is 3.70. The molecule has 2 aromatic heterocycles. The maximum atomic E-state index is 14.1. The van der Waals surface area contributed by atoms with Gasteiger partial charge < -0.3 is 14.8 Å². The third kappa shape index (κ3) is 7.39. The summed E-state index contributed by atoms with van der Waals surface area (Å²) < 4.78 is 89.9. The summed E-state index contributed by atoms with van der Waals surface area (Å²) in [5, 5.41) is 2.46. The van der Waals surface area contributed by atoms with Crippen molar-refractivity contribution in [2.75, 3.05) is 30.4 Å². The number of sulfonamides is 1. The first-order valence-corrected chi connectivity index (χ1v) is 13.8. The molecule has 0 aliphatic heterocycles. The summed E-state index contributed by atoms with van der Waals surface area (Å²) in [5.41, 5.74) is 0.499. The number of hydrogen-bond donors (Lipinski definition) is 2. The number of nitrogens with zero attached hydrogens (tertiary/aromatic N) is 4. The molecule has 0 aliphatic carbocycles. The van der Waals surface area contributed by atoms with Crippen LogP contribution in [0.25, 0.3) is 11.1 Å². The maximum absolute atomic E-state index is 14.1. The minimum Gasteiger partial charge on any atom is -0.495 e. The van der Waals surface area contributed by atoms with Crippen molar-refractivity contribution in [1.82, 2.24) is 20.3 Å². The predicted octanol–water partition coefficient (Wildman–Crippen LogP) is 5.56. The van der Waals surface area contributed by atoms with Gasteiger partial charge in [0.05, 0.1) is 17.8 Å². The number of anilines is 3. The second kappa shape index (κ2) is 12.7. The number of amides is 2. The summed E-state index contributed by atoms with van der Waals surface area (Å²) in [7, 11) is -1.44. The summed E-state index contributed by atoms with van der Waals surface area (Å²) in [4.78, 5) is 25.5. The van der Waals surface area contributed by atoms with Gasteiger partial charge in [0, 0.05) is 25.0 Å². The molecule has 2 amide bonds. The molecule has 0 saturated carbocycles. The second-order valence-electron chi connectivity index (χ2n) is 8.50. The lowest BCUT2D eigenvalue weighted by Gasteiger charge is -2.24. The second-order valence-corrected chi connectivity index (χ2v) is 10.6. The summed E-state index contributed by atoms with van der Waals surface area (Å²) in [5.74, 6) is -1.58. The highest BCUT2D eigenvalue weighted by molar-refractivity contribution is 7.92. The maximum Gasteiger partial charge on any atom is 0.422 e. The van der Waals surface area contributed by atoms with Crippen LogP contribution in [0.4, 0.5) is 39.7 Å². The molecule has 226 valence electrons. The van der Waals surface area contributed by atoms with Crippen molar-refractivity contribution in [2.24, 2.45) is 0 Å². The largest absolute Gasteiger partial charge is 0.495 e. The van der Waals surface area contributed by atoms with Crippen molar-refractivity contribution in [3.8, 4) is 22.6 Å². The van der Waals surface area contributed by atoms with Crippen LogP contribution in [0.3, 0.4) is 0 Å². The van der Waals surface area contributed by atoms with Crippen molar-refractivity contribution in [2.45, 2.75) is 11.1 Å². The van der Waals surface area contributed by atoms with E-state index in [9.17, 15) is 30.8 Å². The Balaban J connectivity index is 1.71. The van der Waals surface area contributed by atoms with Gasteiger partial charge in [0.1, 0.15) is 28.6 Å². The first-order chi connectivity index (χ1) is 20.3. The Morgan fingerprint density at radius 1 is 1.07 bits per heavy atom. The van der Waals surface area contributed by atoms with Crippen LogP contribution in [0.1, 0.15) is 0 Å². The van der Waals surface area contributed by atoms with Crippen molar-refractivity contribution in [3.63, 3.8) is 0 Å². The van der Waals surface area contributed by atoms with Gasteiger partial charge >= 0.3 is 12.2 Å². The minimum absolute atomic E-state index is 0.00586. The fraction of sp³-hybridized carbons (Fsp3) is 0.154. The highest BCUT2D eigenvalue weighted by atomic mass is 35.5. The van der Waals surface area contributed by atoms with Crippen LogP contribution >= 0.6 is 11.6 Å². The lowest BCUT2D eigenvalue weighted by molar-refractivity contribution is -0.153. The molecule has 0 spiro atoms. The lowest BCUT2D eigenvalue weighted by atomic mass is 10.0. The van der Waals surface area contributed by atoms with Crippen molar-refractivity contribution in [1.29, 1.82) is 0 Å². The number of aromatic nitrogens is 3. The highest BCUT2D eigenvalue weighted by Gasteiger charge is 2.29. The molecule has 0 saturated heterocycles. The topological polar surface area (TPSA) is 136 Å². The molecular formula is C26H21ClF4N6O5S. The molecule has 0 fully saturated rings. The zero-order valence-corrected chi connectivity index (χ0v) is 23.8. The van der Waals surface area contributed by atoms with Crippen molar-refractivity contribution < 1.29 is 40.2 Å². The van der Waals surface area contributed by atoms with Crippen molar-refractivity contribution in [3.05, 3.63) is 78.1 Å². The number of halogens is 5. The van der Waals surface area contributed by atoms with Gasteiger partial charge in [0.15, 0.2) is 18.2 Å². The standard InChI is InChI=1S/C26H21ClF4N6O5S/c1-32-25(38)37(24-6-4-16(12-34-24)43(39,40)36-23-7-8-33-14-35-23)20-11-18(27)17(10-22(20)41-2)15-3-5-19(28)21(9-15)42-13-26(29,30)31/h3-12,14H,13H2,1-2H3,(H,32,38)(H,33,35,36). The number of benzene rings is 2. The number of carbonyl (C=O) groups is 1. The third-order valence-corrected chi connectivity index (χ3v) is 7.29. The Morgan fingerprint density at radius 3 is 2.44 bits per heavy atom. The SMILES string of the molecule is CNC(=O)N(c1ccc(S(=O)(=O)Nc2ccncn2)cn1)c1cc(Cl)c(-c2ccc(F)c(OCC(F)(F)F)c2)cc1OC. The van der Waals surface area contributed by atoms with Gasteiger partial charge in [-0.2, -0.15) is 13.2 Å². The van der Waals surface area contributed by atoms with Gasteiger partial charge in [-0.05, 0) is 48.0 Å². The molecular weight excluding hydrogens is 620 g/mol. The molecule has 0 radical (unpaired) electrons. The smallest absolute Gasteiger partial charge is 0.422 e. The summed E-state index contributed by atoms with van der Waals surface area (Å²) in [6, 6.07) is 9.11. The first kappa shape index (κ1) is 31.2. The number of methoxy groups -OCH3 is 1. The number of ether oxygens (including phenoxy) is 2. The Labute approximate surface area is 247 Å². The molecule has 4 rings (SSSR count). The van der Waals surface area contributed by atoms with E-state index in [1.54, 1.807) is 0 Å². The Bertz CT molecular complexity index is 1730. The molecule has 43 heavy (non-hydrogen) atoms. The summed E-state index contributed by atoms with van der Waals surface area (Å²) in [6.07, 6.45) is -1.13. The zero-order valence-electron chi connectivity index (χ0n) is 22.2. The van der Waals surface area contributed by atoms with Crippen molar-refractivity contribution >= 4 is 45.0 Å². The molecule has 2 heterocycles. The molecule has 11 nitrogen and oxygen atoms in total. The molecule has 0 bridgehead atoms. The van der Waals surface area contributed by atoms with Crippen LogP contribution < -0.4 is 24.4 Å². The molecule has 4 aromatic rings. The number of carbonyl (C=O) groups excluding carboxylic acids is 1. The van der Waals surface area contributed by atoms with Gasteiger partial charge in [-0.1, -0.05) is 17.7 Å². The molecule has 0 aliphatic rings. The van der Waals surface area contributed by atoms with Gasteiger partial charge in [0.2, 0.25) is 0 Å². The Morgan fingerprint density at radius 2 is 1.84 bits per heavy atom. The van der Waals surface area contributed by atoms with E-state index in [-0.39, 0.29) is 44.1 Å². The number of alkyl halides is 3. The molecule has 0 atom stereocenters. The Kier molecular flexibility index (Phi) is 9.20. The summed E-state index contributed by atoms with van der Waals surface area (Å²) in [6.45, 7) is -1.70. The minimum atomic E-state index is -4.68. The monoisotopic (exact) mass is 640 g/mol. The van der Waals surface area contributed by atoms with E-state index in [1.807, 2.05) is 0 Å². The van der Waals surface area contributed by atoms with E-state index < -0.39 is 40.4 Å². The predicted molar refractivity (Wildman–Crippen MR) is 149 cm³/mol. The number of nitrogens with one attached hydrogen (secondary N) is 2. The van der Waals surface area contributed by atoms with E-state index in [0.717, 1.165) is 23.2 Å². The Hall–Kier alpha value is -4.70. The van der Waals surface area contributed by atoms with E-state index in [2.05, 4.69) is 29.7 Å². The number of rotatable bonds is 9. The van der Waals surface area contributed by atoms with E-state index in [4.69, 9.17) is 16.3 Å². The number of hydrogen-bond acceptors (Lipinski definition) is 8.